The summed E-state index contributed by atoms with van der Waals surface area (Å²) in [6.45, 7) is 0.411. The molecule has 0 amide bonds. The van der Waals surface area contributed by atoms with Crippen molar-refractivity contribution in [3.63, 3.8) is 0 Å². The van der Waals surface area contributed by atoms with Gasteiger partial charge in [0.2, 0.25) is 0 Å². The van der Waals surface area contributed by atoms with E-state index in [1.54, 1.807) is 0 Å². The number of nitrogens with zero attached hydrogens (tertiary/aromatic N) is 3. The van der Waals surface area contributed by atoms with E-state index in [0.717, 1.165) is 22.3 Å². The molecule has 4 aromatic rings. The van der Waals surface area contributed by atoms with E-state index in [1.165, 1.54) is 14.2 Å². The molecule has 0 unspecified atom stereocenters. The summed E-state index contributed by atoms with van der Waals surface area (Å²) in [6.07, 6.45) is -13.1. The zero-order chi connectivity index (χ0) is 42.8. The minimum absolute atomic E-state index is 0.0274. The Bertz CT molecular complexity index is 1960. The third-order valence-electron chi connectivity index (χ3n) is 10.1. The SMILES string of the molecule is COC(=O)[C@H]1O[C@@H](OCCCN=[N+]=[N-])[C@@H](OCc2ccccc2)[C@@H](OCc2ccccc2)[C@@H]1O[C@@H]1O[C@@H](C(=O)OC)[C@@H](O)[C@H](OCc2ccccc2)[C@@H]1OCc1ccccc1. The van der Waals surface area contributed by atoms with Crippen LogP contribution in [0.1, 0.15) is 28.7 Å². The second kappa shape index (κ2) is 23.7. The molecule has 0 radical (unpaired) electrons. The van der Waals surface area contributed by atoms with E-state index in [4.69, 9.17) is 52.9 Å². The Morgan fingerprint density at radius 1 is 0.574 bits per heavy atom. The number of methoxy groups -OCH3 is 2. The Morgan fingerprint density at radius 3 is 1.44 bits per heavy atom. The largest absolute Gasteiger partial charge is 0.467 e. The molecule has 2 aliphatic rings. The van der Waals surface area contributed by atoms with Gasteiger partial charge in [-0.1, -0.05) is 126 Å². The van der Waals surface area contributed by atoms with E-state index in [9.17, 15) is 14.7 Å². The van der Waals surface area contributed by atoms with E-state index < -0.39 is 73.4 Å². The predicted molar refractivity (Wildman–Crippen MR) is 217 cm³/mol. The molecule has 61 heavy (non-hydrogen) atoms. The van der Waals surface area contributed by atoms with Gasteiger partial charge < -0.3 is 52.5 Å². The number of aliphatic hydroxyl groups is 1. The fourth-order valence-corrected chi connectivity index (χ4v) is 6.98. The number of esters is 2. The Balaban J connectivity index is 1.40. The number of carbonyl (C=O) groups is 2. The molecule has 324 valence electrons. The van der Waals surface area contributed by atoms with Crippen molar-refractivity contribution in [3.05, 3.63) is 154 Å². The van der Waals surface area contributed by atoms with Crippen LogP contribution in [0.2, 0.25) is 0 Å². The van der Waals surface area contributed by atoms with Gasteiger partial charge in [0.1, 0.15) is 36.6 Å². The topological polar surface area (TPSA) is 195 Å². The number of azide groups is 1. The monoisotopic (exact) mass is 841 g/mol. The molecule has 4 aromatic carbocycles. The van der Waals surface area contributed by atoms with Crippen molar-refractivity contribution in [1.29, 1.82) is 0 Å². The minimum atomic E-state index is -1.60. The second-order valence-electron chi connectivity index (χ2n) is 14.2. The fraction of sp³-hybridized carbons (Fsp3) is 0.422. The van der Waals surface area contributed by atoms with Gasteiger partial charge in [0, 0.05) is 18.1 Å². The number of hydrogen-bond donors (Lipinski definition) is 1. The summed E-state index contributed by atoms with van der Waals surface area (Å²) in [5.74, 6) is -1.73. The molecule has 0 saturated carbocycles. The molecule has 10 atom stereocenters. The average molecular weight is 842 g/mol. The number of hydrogen-bond acceptors (Lipinski definition) is 14. The normalized spacial score (nSPS) is 26.1. The Morgan fingerprint density at radius 2 is 0.984 bits per heavy atom. The lowest BCUT2D eigenvalue weighted by atomic mass is 9.95. The zero-order valence-electron chi connectivity index (χ0n) is 34.0. The maximum absolute atomic E-state index is 13.8. The highest BCUT2D eigenvalue weighted by Gasteiger charge is 2.57. The summed E-state index contributed by atoms with van der Waals surface area (Å²) in [6, 6.07) is 37.4. The molecule has 6 rings (SSSR count). The van der Waals surface area contributed by atoms with E-state index >= 15 is 0 Å². The lowest BCUT2D eigenvalue weighted by Gasteiger charge is -2.48. The van der Waals surface area contributed by atoms with Crippen LogP contribution in [0, 0.1) is 0 Å². The molecule has 0 bridgehead atoms. The van der Waals surface area contributed by atoms with Gasteiger partial charge in [-0.15, -0.1) is 0 Å². The molecule has 2 fully saturated rings. The van der Waals surface area contributed by atoms with E-state index in [2.05, 4.69) is 10.0 Å². The van der Waals surface area contributed by atoms with Crippen LogP contribution in [-0.2, 0) is 83.4 Å². The Labute approximate surface area is 354 Å². The summed E-state index contributed by atoms with van der Waals surface area (Å²) < 4.78 is 62.2. The fourth-order valence-electron chi connectivity index (χ4n) is 6.98. The predicted octanol–water partition coefficient (Wildman–Crippen LogP) is 5.59. The van der Waals surface area contributed by atoms with Crippen LogP contribution in [0.3, 0.4) is 0 Å². The van der Waals surface area contributed by atoms with Crippen molar-refractivity contribution in [2.75, 3.05) is 27.4 Å². The van der Waals surface area contributed by atoms with Gasteiger partial charge >= 0.3 is 11.9 Å². The first-order valence-corrected chi connectivity index (χ1v) is 19.9. The van der Waals surface area contributed by atoms with Crippen molar-refractivity contribution < 1.29 is 62.1 Å². The van der Waals surface area contributed by atoms with Crippen molar-refractivity contribution in [2.45, 2.75) is 94.3 Å². The minimum Gasteiger partial charge on any atom is -0.467 e. The van der Waals surface area contributed by atoms with Crippen LogP contribution < -0.4 is 0 Å². The molecule has 2 heterocycles. The number of ether oxygens (including phenoxy) is 10. The highest BCUT2D eigenvalue weighted by atomic mass is 16.8. The maximum atomic E-state index is 13.8. The van der Waals surface area contributed by atoms with Crippen LogP contribution in [0.5, 0.6) is 0 Å². The van der Waals surface area contributed by atoms with Crippen molar-refractivity contribution in [1.82, 2.24) is 0 Å². The third kappa shape index (κ3) is 12.7. The third-order valence-corrected chi connectivity index (χ3v) is 10.1. The molecule has 0 spiro atoms. The molecule has 16 heteroatoms. The van der Waals surface area contributed by atoms with E-state index in [1.807, 2.05) is 121 Å². The standard InChI is InChI=1S/C45H51N3O13/c1-52-42(50)36-34(49)35(55-26-30-16-7-3-8-17-30)40(57-28-32-20-11-5-12-21-32)45(59-36)60-38-37(56-27-31-18-9-4-10-19-31)41(58-29-33-22-13-6-14-23-33)44(54-25-15-24-47-48-46)61-39(38)43(51)53-2/h3-14,16-23,34-41,44-45,49H,15,24-29H2,1-2H3/t34-,35-,36+,37-,38-,39-,40-,41-,44+,45-/m0/s1. The van der Waals surface area contributed by atoms with Crippen LogP contribution in [-0.4, -0.2) is 106 Å². The molecule has 1 N–H and O–H groups in total. The second-order valence-corrected chi connectivity index (χ2v) is 14.2. The Kier molecular flexibility index (Phi) is 17.6. The highest BCUT2D eigenvalue weighted by Crippen LogP contribution is 2.36. The molecule has 0 aromatic heterocycles. The maximum Gasteiger partial charge on any atom is 0.337 e. The van der Waals surface area contributed by atoms with Gasteiger partial charge in [-0.25, -0.2) is 9.59 Å². The Hall–Kier alpha value is -5.23. The zero-order valence-corrected chi connectivity index (χ0v) is 34.0. The number of rotatable bonds is 21. The van der Waals surface area contributed by atoms with Gasteiger partial charge in [0.25, 0.3) is 0 Å². The van der Waals surface area contributed by atoms with Gasteiger partial charge in [0.05, 0.1) is 40.6 Å². The van der Waals surface area contributed by atoms with Gasteiger partial charge in [-0.05, 0) is 34.2 Å². The van der Waals surface area contributed by atoms with E-state index in [0.29, 0.717) is 6.42 Å². The molecule has 0 aliphatic carbocycles. The number of carbonyl (C=O) groups excluding carboxylic acids is 2. The van der Waals surface area contributed by atoms with Crippen molar-refractivity contribution in [3.8, 4) is 0 Å². The average Bonchev–Trinajstić information content (AvgIpc) is 3.30. The lowest BCUT2D eigenvalue weighted by Crippen LogP contribution is -2.67. The molecular formula is C45H51N3O13. The van der Waals surface area contributed by atoms with Gasteiger partial charge in [0.15, 0.2) is 24.8 Å². The van der Waals surface area contributed by atoms with Gasteiger partial charge in [-0.2, -0.15) is 0 Å². The van der Waals surface area contributed by atoms with Crippen LogP contribution in [0.25, 0.3) is 10.4 Å². The first-order chi connectivity index (χ1) is 29.9. The summed E-state index contributed by atoms with van der Waals surface area (Å²) >= 11 is 0. The quantitative estimate of drug-likeness (QED) is 0.0359. The molecule has 2 aliphatic heterocycles. The summed E-state index contributed by atoms with van der Waals surface area (Å²) in [4.78, 5) is 29.9. The summed E-state index contributed by atoms with van der Waals surface area (Å²) in [5.41, 5.74) is 12.0. The smallest absolute Gasteiger partial charge is 0.337 e. The van der Waals surface area contributed by atoms with Crippen LogP contribution in [0.15, 0.2) is 126 Å². The summed E-state index contributed by atoms with van der Waals surface area (Å²) in [7, 11) is 2.37. The molecular weight excluding hydrogens is 791 g/mol. The molecule has 2 saturated heterocycles. The first kappa shape index (κ1) is 45.3. The van der Waals surface area contributed by atoms with Crippen molar-refractivity contribution >= 4 is 11.9 Å². The number of aliphatic hydroxyl groups excluding tert-OH is 1. The van der Waals surface area contributed by atoms with Gasteiger partial charge in [-0.3, -0.25) is 0 Å². The van der Waals surface area contributed by atoms with Crippen molar-refractivity contribution in [2.24, 2.45) is 5.11 Å². The van der Waals surface area contributed by atoms with Crippen LogP contribution >= 0.6 is 0 Å². The molecule has 16 nitrogen and oxygen atoms in total. The van der Waals surface area contributed by atoms with E-state index in [-0.39, 0.29) is 39.6 Å². The van der Waals surface area contributed by atoms with Crippen LogP contribution in [0.4, 0.5) is 0 Å². The number of benzene rings is 4. The first-order valence-electron chi connectivity index (χ1n) is 19.9. The highest BCUT2D eigenvalue weighted by molar-refractivity contribution is 5.76. The lowest BCUT2D eigenvalue weighted by molar-refractivity contribution is -0.366. The summed E-state index contributed by atoms with van der Waals surface area (Å²) in [5, 5.41) is 15.4.